The monoisotopic (exact) mass is 262 g/mol. The lowest BCUT2D eigenvalue weighted by molar-refractivity contribution is 0.591. The van der Waals surface area contributed by atoms with Gasteiger partial charge in [0, 0.05) is 11.8 Å². The standard InChI is InChI=1S/C13H8F2N2S/c14-8-6-10(15)12-11(7-8)18-13(17-12)16-9-4-2-1-3-5-9/h1-7H,(H,16,17). The van der Waals surface area contributed by atoms with Crippen LogP contribution < -0.4 is 5.32 Å². The quantitative estimate of drug-likeness (QED) is 0.744. The first-order valence-corrected chi connectivity index (χ1v) is 6.12. The van der Waals surface area contributed by atoms with Crippen molar-refractivity contribution in [2.24, 2.45) is 0 Å². The molecule has 0 spiro atoms. The molecule has 3 rings (SSSR count). The zero-order valence-electron chi connectivity index (χ0n) is 9.15. The van der Waals surface area contributed by atoms with E-state index in [-0.39, 0.29) is 5.52 Å². The molecule has 0 saturated carbocycles. The van der Waals surface area contributed by atoms with E-state index in [1.807, 2.05) is 30.3 Å². The fraction of sp³-hybridized carbons (Fsp3) is 0. The smallest absolute Gasteiger partial charge is 0.188 e. The maximum absolute atomic E-state index is 13.5. The number of hydrogen-bond acceptors (Lipinski definition) is 3. The molecule has 5 heteroatoms. The Kier molecular flexibility index (Phi) is 2.68. The third kappa shape index (κ3) is 2.04. The number of thiazole rings is 1. The molecule has 0 fully saturated rings. The third-order valence-corrected chi connectivity index (χ3v) is 3.36. The highest BCUT2D eigenvalue weighted by molar-refractivity contribution is 7.22. The number of benzene rings is 2. The fourth-order valence-corrected chi connectivity index (χ4v) is 2.58. The van der Waals surface area contributed by atoms with E-state index in [2.05, 4.69) is 10.3 Å². The van der Waals surface area contributed by atoms with Crippen LogP contribution in [0.4, 0.5) is 19.6 Å². The predicted octanol–water partition coefficient (Wildman–Crippen LogP) is 4.32. The molecule has 0 amide bonds. The van der Waals surface area contributed by atoms with Crippen LogP contribution >= 0.6 is 11.3 Å². The average Bonchev–Trinajstić information content (AvgIpc) is 2.73. The first-order valence-electron chi connectivity index (χ1n) is 5.30. The summed E-state index contributed by atoms with van der Waals surface area (Å²) in [6, 6.07) is 11.6. The van der Waals surface area contributed by atoms with Crippen LogP contribution in [0.25, 0.3) is 10.2 Å². The summed E-state index contributed by atoms with van der Waals surface area (Å²) in [5.74, 6) is -1.22. The van der Waals surface area contributed by atoms with Crippen molar-refractivity contribution >= 4 is 32.4 Å². The molecule has 90 valence electrons. The van der Waals surface area contributed by atoms with Crippen LogP contribution in [-0.4, -0.2) is 4.98 Å². The number of nitrogens with one attached hydrogen (secondary N) is 1. The zero-order valence-corrected chi connectivity index (χ0v) is 9.97. The Balaban J connectivity index is 2.01. The molecule has 2 nitrogen and oxygen atoms in total. The molecule has 2 aromatic carbocycles. The lowest BCUT2D eigenvalue weighted by atomic mass is 10.3. The Morgan fingerprint density at radius 1 is 1.06 bits per heavy atom. The molecule has 1 aromatic heterocycles. The van der Waals surface area contributed by atoms with Gasteiger partial charge in [-0.25, -0.2) is 13.8 Å². The van der Waals surface area contributed by atoms with Crippen molar-refractivity contribution in [3.63, 3.8) is 0 Å². The molecule has 1 heterocycles. The van der Waals surface area contributed by atoms with Crippen molar-refractivity contribution in [1.29, 1.82) is 0 Å². The first-order chi connectivity index (χ1) is 8.72. The minimum absolute atomic E-state index is 0.194. The van der Waals surface area contributed by atoms with E-state index in [0.717, 1.165) is 11.8 Å². The lowest BCUT2D eigenvalue weighted by Gasteiger charge is -1.99. The van der Waals surface area contributed by atoms with Crippen molar-refractivity contribution < 1.29 is 8.78 Å². The molecular formula is C13H8F2N2S. The highest BCUT2D eigenvalue weighted by Crippen LogP contribution is 2.30. The van der Waals surface area contributed by atoms with E-state index in [4.69, 9.17) is 0 Å². The largest absolute Gasteiger partial charge is 0.332 e. The SMILES string of the molecule is Fc1cc(F)c2nc(Nc3ccccc3)sc2c1. The average molecular weight is 262 g/mol. The summed E-state index contributed by atoms with van der Waals surface area (Å²) < 4.78 is 27.0. The van der Waals surface area contributed by atoms with Gasteiger partial charge in [0.2, 0.25) is 0 Å². The van der Waals surface area contributed by atoms with Gasteiger partial charge < -0.3 is 5.32 Å². The van der Waals surface area contributed by atoms with Gasteiger partial charge >= 0.3 is 0 Å². The van der Waals surface area contributed by atoms with E-state index < -0.39 is 11.6 Å². The van der Waals surface area contributed by atoms with E-state index in [0.29, 0.717) is 9.83 Å². The fourth-order valence-electron chi connectivity index (χ4n) is 1.66. The Bertz CT molecular complexity index is 695. The highest BCUT2D eigenvalue weighted by atomic mass is 32.1. The summed E-state index contributed by atoms with van der Waals surface area (Å²) >= 11 is 1.22. The van der Waals surface area contributed by atoms with E-state index in [9.17, 15) is 8.78 Å². The van der Waals surface area contributed by atoms with Crippen molar-refractivity contribution in [2.75, 3.05) is 5.32 Å². The van der Waals surface area contributed by atoms with Gasteiger partial charge in [0.1, 0.15) is 11.3 Å². The molecule has 0 atom stereocenters. The van der Waals surface area contributed by atoms with Gasteiger partial charge in [-0.3, -0.25) is 0 Å². The Morgan fingerprint density at radius 3 is 2.61 bits per heavy atom. The maximum Gasteiger partial charge on any atom is 0.188 e. The number of aromatic nitrogens is 1. The summed E-state index contributed by atoms with van der Waals surface area (Å²) in [7, 11) is 0. The van der Waals surface area contributed by atoms with E-state index >= 15 is 0 Å². The van der Waals surface area contributed by atoms with Gasteiger partial charge in [-0.1, -0.05) is 29.5 Å². The lowest BCUT2D eigenvalue weighted by Crippen LogP contribution is -1.88. The summed E-state index contributed by atoms with van der Waals surface area (Å²) in [4.78, 5) is 4.11. The summed E-state index contributed by atoms with van der Waals surface area (Å²) in [6.07, 6.45) is 0. The van der Waals surface area contributed by atoms with E-state index in [1.54, 1.807) is 0 Å². The van der Waals surface area contributed by atoms with Gasteiger partial charge in [0.25, 0.3) is 0 Å². The minimum Gasteiger partial charge on any atom is -0.332 e. The number of nitrogens with zero attached hydrogens (tertiary/aromatic N) is 1. The summed E-state index contributed by atoms with van der Waals surface area (Å²) in [5.41, 5.74) is 1.05. The molecular weight excluding hydrogens is 254 g/mol. The van der Waals surface area contributed by atoms with Crippen LogP contribution in [0.5, 0.6) is 0 Å². The van der Waals surface area contributed by atoms with Gasteiger partial charge in [0.05, 0.1) is 4.70 Å². The normalized spacial score (nSPS) is 10.8. The van der Waals surface area contributed by atoms with Gasteiger partial charge in [-0.15, -0.1) is 0 Å². The molecule has 1 N–H and O–H groups in total. The van der Waals surface area contributed by atoms with Crippen LogP contribution in [0.2, 0.25) is 0 Å². The van der Waals surface area contributed by atoms with E-state index in [1.165, 1.54) is 17.4 Å². The molecule has 18 heavy (non-hydrogen) atoms. The number of halogens is 2. The van der Waals surface area contributed by atoms with Gasteiger partial charge in [-0.05, 0) is 18.2 Å². The Labute approximate surface area is 106 Å². The topological polar surface area (TPSA) is 24.9 Å². The van der Waals surface area contributed by atoms with Crippen molar-refractivity contribution in [1.82, 2.24) is 4.98 Å². The molecule has 0 unspecified atom stereocenters. The second kappa shape index (κ2) is 4.34. The third-order valence-electron chi connectivity index (χ3n) is 2.44. The number of hydrogen-bond donors (Lipinski definition) is 1. The molecule has 0 radical (unpaired) electrons. The van der Waals surface area contributed by atoms with Crippen LogP contribution in [0.1, 0.15) is 0 Å². The maximum atomic E-state index is 13.5. The molecule has 0 aliphatic carbocycles. The molecule has 3 aromatic rings. The zero-order chi connectivity index (χ0) is 12.5. The van der Waals surface area contributed by atoms with Crippen molar-refractivity contribution in [3.8, 4) is 0 Å². The summed E-state index contributed by atoms with van der Waals surface area (Å²) in [6.45, 7) is 0. The molecule has 0 bridgehead atoms. The van der Waals surface area contributed by atoms with Crippen LogP contribution in [0.3, 0.4) is 0 Å². The first kappa shape index (κ1) is 11.1. The van der Waals surface area contributed by atoms with Crippen molar-refractivity contribution in [3.05, 3.63) is 54.1 Å². The van der Waals surface area contributed by atoms with Gasteiger partial charge in [-0.2, -0.15) is 0 Å². The molecule has 0 saturated heterocycles. The number of rotatable bonds is 2. The van der Waals surface area contributed by atoms with Crippen LogP contribution in [0, 0.1) is 11.6 Å². The van der Waals surface area contributed by atoms with Gasteiger partial charge in [0.15, 0.2) is 10.9 Å². The second-order valence-corrected chi connectivity index (χ2v) is 4.78. The van der Waals surface area contributed by atoms with Crippen LogP contribution in [0.15, 0.2) is 42.5 Å². The van der Waals surface area contributed by atoms with Crippen LogP contribution in [-0.2, 0) is 0 Å². The number of para-hydroxylation sites is 1. The number of fused-ring (bicyclic) bond motifs is 1. The highest BCUT2D eigenvalue weighted by Gasteiger charge is 2.10. The molecule has 0 aliphatic heterocycles. The second-order valence-electron chi connectivity index (χ2n) is 3.74. The molecule has 0 aliphatic rings. The predicted molar refractivity (Wildman–Crippen MR) is 69.3 cm³/mol. The number of anilines is 2. The minimum atomic E-state index is -0.637. The van der Waals surface area contributed by atoms with Crippen molar-refractivity contribution in [2.45, 2.75) is 0 Å². The summed E-state index contributed by atoms with van der Waals surface area (Å²) in [5, 5.41) is 3.60. The Hall–Kier alpha value is -2.01. The Morgan fingerprint density at radius 2 is 1.83 bits per heavy atom.